The molecule has 0 saturated carbocycles. The van der Waals surface area contributed by atoms with Gasteiger partial charge in [-0.3, -0.25) is 0 Å². The fraction of sp³-hybridized carbons (Fsp3) is 0.647. The molecule has 0 aliphatic carbocycles. The molecule has 0 fully saturated rings. The minimum atomic E-state index is -0.207. The van der Waals surface area contributed by atoms with E-state index >= 15 is 0 Å². The van der Waals surface area contributed by atoms with Crippen LogP contribution in [0.25, 0.3) is 0 Å². The molecule has 1 aliphatic rings. The van der Waals surface area contributed by atoms with E-state index in [0.29, 0.717) is 6.04 Å². The van der Waals surface area contributed by atoms with Gasteiger partial charge in [0.05, 0.1) is 6.61 Å². The van der Waals surface area contributed by atoms with Gasteiger partial charge in [-0.05, 0) is 58.7 Å². The lowest BCUT2D eigenvalue weighted by Gasteiger charge is -2.40. The third-order valence-electron chi connectivity index (χ3n) is 4.62. The predicted molar refractivity (Wildman–Crippen MR) is 85.5 cm³/mol. The second kappa shape index (κ2) is 6.15. The molecule has 2 unspecified atom stereocenters. The van der Waals surface area contributed by atoms with Crippen LogP contribution in [0.2, 0.25) is 0 Å². The lowest BCUT2D eigenvalue weighted by Crippen LogP contribution is -2.50. The van der Waals surface area contributed by atoms with Crippen LogP contribution < -0.4 is 10.2 Å². The molecule has 0 bridgehead atoms. The number of fused-ring (bicyclic) bond motifs is 1. The van der Waals surface area contributed by atoms with Crippen LogP contribution in [0.15, 0.2) is 18.2 Å². The number of hydrogen-bond acceptors (Lipinski definition) is 3. The maximum absolute atomic E-state index is 9.58. The highest BCUT2D eigenvalue weighted by molar-refractivity contribution is 5.57. The summed E-state index contributed by atoms with van der Waals surface area (Å²) < 4.78 is 0. The number of aliphatic hydroxyl groups excluding tert-OH is 1. The van der Waals surface area contributed by atoms with Gasteiger partial charge in [0.25, 0.3) is 0 Å². The average Bonchev–Trinajstić information content (AvgIpc) is 2.46. The maximum atomic E-state index is 9.58. The molecule has 1 aromatic carbocycles. The molecule has 3 nitrogen and oxygen atoms in total. The minimum Gasteiger partial charge on any atom is -0.394 e. The zero-order valence-corrected chi connectivity index (χ0v) is 13.2. The molecule has 0 radical (unpaired) electrons. The number of benzene rings is 1. The largest absolute Gasteiger partial charge is 0.394 e. The van der Waals surface area contributed by atoms with Gasteiger partial charge >= 0.3 is 0 Å². The second-order valence-electron chi connectivity index (χ2n) is 6.45. The molecule has 1 aliphatic heterocycles. The van der Waals surface area contributed by atoms with Gasteiger partial charge in [-0.25, -0.2) is 0 Å². The molecule has 2 atom stereocenters. The van der Waals surface area contributed by atoms with E-state index in [1.807, 2.05) is 7.05 Å². The van der Waals surface area contributed by atoms with E-state index in [1.54, 1.807) is 0 Å². The Bertz CT molecular complexity index is 454. The van der Waals surface area contributed by atoms with Crippen LogP contribution in [-0.2, 0) is 6.42 Å². The lowest BCUT2D eigenvalue weighted by molar-refractivity contribution is 0.166. The van der Waals surface area contributed by atoms with Crippen LogP contribution in [0, 0.1) is 6.92 Å². The molecule has 20 heavy (non-hydrogen) atoms. The SMILES string of the molecule is CNC(C)(CO)CC(C)N1CCCc2cc(C)ccc21. The number of hydrogen-bond donors (Lipinski definition) is 2. The molecule has 1 heterocycles. The summed E-state index contributed by atoms with van der Waals surface area (Å²) in [5.74, 6) is 0. The van der Waals surface area contributed by atoms with E-state index in [4.69, 9.17) is 0 Å². The highest BCUT2D eigenvalue weighted by Gasteiger charge is 2.28. The summed E-state index contributed by atoms with van der Waals surface area (Å²) in [6.07, 6.45) is 3.34. The highest BCUT2D eigenvalue weighted by Crippen LogP contribution is 2.31. The van der Waals surface area contributed by atoms with Crippen molar-refractivity contribution in [1.29, 1.82) is 0 Å². The van der Waals surface area contributed by atoms with E-state index in [0.717, 1.165) is 13.0 Å². The number of anilines is 1. The Morgan fingerprint density at radius 3 is 2.85 bits per heavy atom. The second-order valence-corrected chi connectivity index (χ2v) is 6.45. The maximum Gasteiger partial charge on any atom is 0.0611 e. The molecule has 0 spiro atoms. The van der Waals surface area contributed by atoms with Crippen molar-refractivity contribution >= 4 is 5.69 Å². The molecule has 2 N–H and O–H groups in total. The van der Waals surface area contributed by atoms with Crippen LogP contribution >= 0.6 is 0 Å². The Kier molecular flexibility index (Phi) is 4.71. The Balaban J connectivity index is 2.18. The van der Waals surface area contributed by atoms with Gasteiger partial charge < -0.3 is 15.3 Å². The van der Waals surface area contributed by atoms with Gasteiger partial charge in [-0.2, -0.15) is 0 Å². The monoisotopic (exact) mass is 276 g/mol. The van der Waals surface area contributed by atoms with Crippen LogP contribution in [0.1, 0.15) is 37.8 Å². The lowest BCUT2D eigenvalue weighted by atomic mass is 9.91. The number of nitrogens with zero attached hydrogens (tertiary/aromatic N) is 1. The van der Waals surface area contributed by atoms with Crippen LogP contribution in [0.5, 0.6) is 0 Å². The molecule has 0 aromatic heterocycles. The zero-order chi connectivity index (χ0) is 14.8. The summed E-state index contributed by atoms with van der Waals surface area (Å²) >= 11 is 0. The van der Waals surface area contributed by atoms with Crippen molar-refractivity contribution in [2.75, 3.05) is 25.1 Å². The first-order valence-electron chi connectivity index (χ1n) is 7.65. The summed E-state index contributed by atoms with van der Waals surface area (Å²) in [4.78, 5) is 2.50. The van der Waals surface area contributed by atoms with Gasteiger partial charge in [-0.1, -0.05) is 17.7 Å². The Labute approximate surface area is 123 Å². The Hall–Kier alpha value is -1.06. The molecular weight excluding hydrogens is 248 g/mol. The first-order valence-corrected chi connectivity index (χ1v) is 7.65. The molecule has 0 amide bonds. The van der Waals surface area contributed by atoms with E-state index in [9.17, 15) is 5.11 Å². The van der Waals surface area contributed by atoms with Crippen molar-refractivity contribution in [3.8, 4) is 0 Å². The predicted octanol–water partition coefficient (Wildman–Crippen LogP) is 2.50. The molecule has 2 rings (SSSR count). The van der Waals surface area contributed by atoms with Gasteiger partial charge in [0.15, 0.2) is 0 Å². The van der Waals surface area contributed by atoms with Crippen molar-refractivity contribution in [1.82, 2.24) is 5.32 Å². The standard InChI is InChI=1S/C17H28N2O/c1-13-7-8-16-15(10-13)6-5-9-19(16)14(2)11-17(3,12-20)18-4/h7-8,10,14,18,20H,5-6,9,11-12H2,1-4H3. The normalized spacial score (nSPS) is 19.4. The van der Waals surface area contributed by atoms with Crippen molar-refractivity contribution in [3.05, 3.63) is 29.3 Å². The highest BCUT2D eigenvalue weighted by atomic mass is 16.3. The average molecular weight is 276 g/mol. The number of rotatable bonds is 5. The van der Waals surface area contributed by atoms with Crippen molar-refractivity contribution in [3.63, 3.8) is 0 Å². The molecule has 3 heteroatoms. The van der Waals surface area contributed by atoms with Crippen LogP contribution in [-0.4, -0.2) is 36.9 Å². The molecule has 0 saturated heterocycles. The quantitative estimate of drug-likeness (QED) is 0.867. The first-order chi connectivity index (χ1) is 9.49. The Morgan fingerprint density at radius 1 is 1.45 bits per heavy atom. The minimum absolute atomic E-state index is 0.169. The topological polar surface area (TPSA) is 35.5 Å². The van der Waals surface area contributed by atoms with Crippen LogP contribution in [0.4, 0.5) is 5.69 Å². The number of aliphatic hydroxyl groups is 1. The fourth-order valence-electron chi connectivity index (χ4n) is 3.22. The summed E-state index contributed by atoms with van der Waals surface area (Å²) in [6.45, 7) is 7.79. The zero-order valence-electron chi connectivity index (χ0n) is 13.2. The van der Waals surface area contributed by atoms with E-state index in [2.05, 4.69) is 49.2 Å². The fourth-order valence-corrected chi connectivity index (χ4v) is 3.22. The molecule has 112 valence electrons. The number of nitrogens with one attached hydrogen (secondary N) is 1. The van der Waals surface area contributed by atoms with Crippen molar-refractivity contribution < 1.29 is 5.11 Å². The smallest absolute Gasteiger partial charge is 0.0611 e. The van der Waals surface area contributed by atoms with E-state index in [1.165, 1.54) is 29.7 Å². The third-order valence-corrected chi connectivity index (χ3v) is 4.62. The summed E-state index contributed by atoms with van der Waals surface area (Å²) in [5.41, 5.74) is 3.99. The summed E-state index contributed by atoms with van der Waals surface area (Å²) in [6, 6.07) is 7.20. The van der Waals surface area contributed by atoms with Crippen molar-refractivity contribution in [2.45, 2.75) is 51.6 Å². The third kappa shape index (κ3) is 3.15. The van der Waals surface area contributed by atoms with E-state index < -0.39 is 0 Å². The molecule has 1 aromatic rings. The van der Waals surface area contributed by atoms with Gasteiger partial charge in [0.2, 0.25) is 0 Å². The first kappa shape index (κ1) is 15.3. The van der Waals surface area contributed by atoms with Gasteiger partial charge in [0, 0.05) is 23.8 Å². The number of aryl methyl sites for hydroxylation is 2. The van der Waals surface area contributed by atoms with Crippen molar-refractivity contribution in [2.24, 2.45) is 0 Å². The summed E-state index contributed by atoms with van der Waals surface area (Å²) in [5, 5.41) is 12.8. The summed E-state index contributed by atoms with van der Waals surface area (Å²) in [7, 11) is 1.93. The molecular formula is C17H28N2O. The van der Waals surface area contributed by atoms with Gasteiger partial charge in [-0.15, -0.1) is 0 Å². The Morgan fingerprint density at radius 2 is 2.20 bits per heavy atom. The number of likely N-dealkylation sites (N-methyl/N-ethyl adjacent to an activating group) is 1. The van der Waals surface area contributed by atoms with E-state index in [-0.39, 0.29) is 12.1 Å². The van der Waals surface area contributed by atoms with Crippen LogP contribution in [0.3, 0.4) is 0 Å². The van der Waals surface area contributed by atoms with Gasteiger partial charge in [0.1, 0.15) is 0 Å².